The van der Waals surface area contributed by atoms with E-state index in [4.69, 9.17) is 14.2 Å². The van der Waals surface area contributed by atoms with Gasteiger partial charge in [-0.3, -0.25) is 0 Å². The molecule has 234 valence electrons. The van der Waals surface area contributed by atoms with E-state index in [0.717, 1.165) is 16.7 Å². The molecule has 4 aromatic carbocycles. The van der Waals surface area contributed by atoms with E-state index >= 15 is 0 Å². The van der Waals surface area contributed by atoms with Gasteiger partial charge in [0.15, 0.2) is 0 Å². The molecule has 0 spiro atoms. The van der Waals surface area contributed by atoms with Crippen LogP contribution in [0.3, 0.4) is 0 Å². The lowest BCUT2D eigenvalue weighted by Gasteiger charge is -2.39. The van der Waals surface area contributed by atoms with E-state index in [1.54, 1.807) is 42.5 Å². The highest BCUT2D eigenvalue weighted by atomic mass is 16.7. The minimum absolute atomic E-state index is 0.0700. The predicted octanol–water partition coefficient (Wildman–Crippen LogP) is 3.12. The lowest BCUT2D eigenvalue weighted by Crippen LogP contribution is -2.60. The zero-order valence-electron chi connectivity index (χ0n) is 23.7. The van der Waals surface area contributed by atoms with Crippen LogP contribution >= 0.6 is 0 Å². The number of fused-ring (bicyclic) bond motifs is 1. The molecular formula is C34H32O11. The van der Waals surface area contributed by atoms with Crippen molar-refractivity contribution in [2.24, 2.45) is 0 Å². The topological polar surface area (TPSA) is 190 Å². The van der Waals surface area contributed by atoms with Gasteiger partial charge in [-0.15, -0.1) is 0 Å². The molecule has 1 saturated heterocycles. The van der Waals surface area contributed by atoms with Gasteiger partial charge in [0.1, 0.15) is 65.0 Å². The zero-order valence-corrected chi connectivity index (χ0v) is 23.7. The number of phenolic OH excluding ortho intramolecular Hbond substituents is 4. The van der Waals surface area contributed by atoms with Crippen molar-refractivity contribution in [3.63, 3.8) is 0 Å². The SMILES string of the molecule is OC[C@H]1O[C@@H](Oc2cc(O)cc(C3c4cc(/C=C/c5cc(O)cc(O)c5)ccc4OC3c3ccc(O)cc3)c2)[C@H](O)[C@@H](O)[C@@H]1O. The Balaban J connectivity index is 1.37. The Morgan fingerprint density at radius 3 is 2.04 bits per heavy atom. The molecule has 0 radical (unpaired) electrons. The van der Waals surface area contributed by atoms with Crippen LogP contribution < -0.4 is 9.47 Å². The first kappa shape index (κ1) is 30.3. The van der Waals surface area contributed by atoms with Gasteiger partial charge in [0, 0.05) is 17.7 Å². The van der Waals surface area contributed by atoms with E-state index in [1.165, 1.54) is 24.3 Å². The van der Waals surface area contributed by atoms with Crippen molar-refractivity contribution in [2.75, 3.05) is 6.61 Å². The average molecular weight is 617 g/mol. The van der Waals surface area contributed by atoms with Gasteiger partial charge in [-0.2, -0.15) is 0 Å². The molecule has 45 heavy (non-hydrogen) atoms. The van der Waals surface area contributed by atoms with Gasteiger partial charge in [0.05, 0.1) is 12.5 Å². The average Bonchev–Trinajstić information content (AvgIpc) is 3.39. The summed E-state index contributed by atoms with van der Waals surface area (Å²) in [5.74, 6) is -0.0312. The first-order valence-electron chi connectivity index (χ1n) is 14.2. The molecule has 0 saturated carbocycles. The second-order valence-electron chi connectivity index (χ2n) is 11.1. The number of aromatic hydroxyl groups is 4. The predicted molar refractivity (Wildman–Crippen MR) is 161 cm³/mol. The fourth-order valence-electron chi connectivity index (χ4n) is 5.73. The van der Waals surface area contributed by atoms with Gasteiger partial charge in [-0.25, -0.2) is 0 Å². The molecule has 0 aromatic heterocycles. The molecule has 4 aromatic rings. The molecule has 11 nitrogen and oxygen atoms in total. The van der Waals surface area contributed by atoms with Crippen molar-refractivity contribution in [3.05, 3.63) is 107 Å². The highest BCUT2D eigenvalue weighted by Crippen LogP contribution is 2.51. The third kappa shape index (κ3) is 6.25. The molecule has 7 atom stereocenters. The highest BCUT2D eigenvalue weighted by Gasteiger charge is 2.45. The summed E-state index contributed by atoms with van der Waals surface area (Å²) in [6.07, 6.45) is -4.48. The number of ether oxygens (including phenoxy) is 3. The fraction of sp³-hybridized carbons (Fsp3) is 0.235. The smallest absolute Gasteiger partial charge is 0.229 e. The van der Waals surface area contributed by atoms with E-state index in [2.05, 4.69) is 0 Å². The van der Waals surface area contributed by atoms with Crippen LogP contribution in [0.1, 0.15) is 39.8 Å². The summed E-state index contributed by atoms with van der Waals surface area (Å²) in [5, 5.41) is 80.7. The second-order valence-corrected chi connectivity index (χ2v) is 11.1. The van der Waals surface area contributed by atoms with Crippen molar-refractivity contribution < 1.29 is 55.1 Å². The maximum Gasteiger partial charge on any atom is 0.229 e. The van der Waals surface area contributed by atoms with E-state index in [1.807, 2.05) is 24.3 Å². The summed E-state index contributed by atoms with van der Waals surface area (Å²) in [4.78, 5) is 0. The summed E-state index contributed by atoms with van der Waals surface area (Å²) in [5.41, 5.74) is 3.48. The van der Waals surface area contributed by atoms with E-state index in [0.29, 0.717) is 16.9 Å². The Kier molecular flexibility index (Phi) is 8.28. The summed E-state index contributed by atoms with van der Waals surface area (Å²) >= 11 is 0. The normalized spacial score (nSPS) is 26.0. The number of phenols is 4. The van der Waals surface area contributed by atoms with Crippen LogP contribution in [0.2, 0.25) is 0 Å². The van der Waals surface area contributed by atoms with Gasteiger partial charge in [-0.05, 0) is 70.8 Å². The van der Waals surface area contributed by atoms with Crippen molar-refractivity contribution in [2.45, 2.75) is 42.7 Å². The standard InChI is InChI=1S/C34H32O11/c35-16-28-30(40)31(41)32(42)34(45-28)43-25-13-20(12-24(39)15-25)29-26-11-17(1-2-18-9-22(37)14-23(38)10-18)3-8-27(26)44-33(29)19-4-6-21(36)7-5-19/h1-15,28-42H,16H2/b2-1+/t28-,29?,30-,31+,32-,33?,34-/m1/s1. The van der Waals surface area contributed by atoms with Gasteiger partial charge in [0.25, 0.3) is 0 Å². The first-order valence-corrected chi connectivity index (χ1v) is 14.2. The van der Waals surface area contributed by atoms with Crippen molar-refractivity contribution in [1.82, 2.24) is 0 Å². The molecule has 2 aliphatic heterocycles. The van der Waals surface area contributed by atoms with Gasteiger partial charge < -0.3 is 55.1 Å². The molecule has 11 heteroatoms. The van der Waals surface area contributed by atoms with Crippen LogP contribution in [0.15, 0.2) is 78.9 Å². The Hall–Kier alpha value is -4.78. The lowest BCUT2D eigenvalue weighted by molar-refractivity contribution is -0.277. The van der Waals surface area contributed by atoms with Gasteiger partial charge in [-0.1, -0.05) is 30.4 Å². The summed E-state index contributed by atoms with van der Waals surface area (Å²) in [6, 6.07) is 20.9. The second kappa shape index (κ2) is 12.3. The molecule has 8 N–H and O–H groups in total. The van der Waals surface area contributed by atoms with Crippen LogP contribution in [-0.2, 0) is 4.74 Å². The van der Waals surface area contributed by atoms with E-state index in [-0.39, 0.29) is 28.7 Å². The minimum Gasteiger partial charge on any atom is -0.508 e. The molecule has 2 aliphatic rings. The zero-order chi connectivity index (χ0) is 31.8. The molecule has 0 aliphatic carbocycles. The molecule has 2 heterocycles. The molecular weight excluding hydrogens is 584 g/mol. The monoisotopic (exact) mass is 616 g/mol. The number of aliphatic hydroxyl groups excluding tert-OH is 4. The molecule has 0 bridgehead atoms. The maximum atomic E-state index is 10.8. The first-order chi connectivity index (χ1) is 21.6. The lowest BCUT2D eigenvalue weighted by atomic mass is 9.84. The van der Waals surface area contributed by atoms with E-state index in [9.17, 15) is 40.9 Å². The van der Waals surface area contributed by atoms with Gasteiger partial charge in [0.2, 0.25) is 6.29 Å². The third-order valence-corrected chi connectivity index (χ3v) is 7.91. The number of benzene rings is 4. The Morgan fingerprint density at radius 2 is 1.33 bits per heavy atom. The van der Waals surface area contributed by atoms with Crippen LogP contribution in [0.5, 0.6) is 34.5 Å². The molecule has 6 rings (SSSR count). The van der Waals surface area contributed by atoms with Crippen molar-refractivity contribution in [1.29, 1.82) is 0 Å². The van der Waals surface area contributed by atoms with Crippen LogP contribution in [0, 0.1) is 0 Å². The van der Waals surface area contributed by atoms with Crippen LogP contribution in [0.25, 0.3) is 12.2 Å². The van der Waals surface area contributed by atoms with E-state index < -0.39 is 49.3 Å². The van der Waals surface area contributed by atoms with Gasteiger partial charge >= 0.3 is 0 Å². The Bertz CT molecular complexity index is 1680. The summed E-state index contributed by atoms with van der Waals surface area (Å²) in [6.45, 7) is -0.621. The number of hydrogen-bond acceptors (Lipinski definition) is 11. The molecule has 2 unspecified atom stereocenters. The summed E-state index contributed by atoms with van der Waals surface area (Å²) < 4.78 is 17.7. The Labute approximate surface area is 257 Å². The maximum absolute atomic E-state index is 10.8. The minimum atomic E-state index is -1.64. The van der Waals surface area contributed by atoms with Crippen LogP contribution in [0.4, 0.5) is 0 Å². The number of hydrogen-bond donors (Lipinski definition) is 8. The highest BCUT2D eigenvalue weighted by molar-refractivity contribution is 5.72. The number of aliphatic hydroxyl groups is 4. The Morgan fingerprint density at radius 1 is 0.644 bits per heavy atom. The third-order valence-electron chi connectivity index (χ3n) is 7.91. The molecule has 0 amide bonds. The van der Waals surface area contributed by atoms with Crippen molar-refractivity contribution in [3.8, 4) is 34.5 Å². The number of rotatable bonds is 7. The largest absolute Gasteiger partial charge is 0.508 e. The quantitative estimate of drug-likeness (QED) is 0.142. The fourth-order valence-corrected chi connectivity index (χ4v) is 5.73. The summed E-state index contributed by atoms with van der Waals surface area (Å²) in [7, 11) is 0. The van der Waals surface area contributed by atoms with Crippen LogP contribution in [-0.4, -0.2) is 78.2 Å². The molecule has 1 fully saturated rings. The van der Waals surface area contributed by atoms with Crippen molar-refractivity contribution >= 4 is 12.2 Å².